The lowest BCUT2D eigenvalue weighted by Gasteiger charge is -2.41. The lowest BCUT2D eigenvalue weighted by molar-refractivity contribution is -0.147. The molecule has 1 fully saturated rings. The Bertz CT molecular complexity index is 1280. The van der Waals surface area contributed by atoms with Crippen LogP contribution >= 0.6 is 23.2 Å². The van der Waals surface area contributed by atoms with Gasteiger partial charge in [-0.1, -0.05) is 59.6 Å². The third-order valence-electron chi connectivity index (χ3n) is 6.77. The standard InChI is InChI=1S/C28H26Cl2N2O3/c1-17(2)18-3-12-26-25(13-18)27(34)32(16-22-9-8-21(30)15-31-22)28(26,19-4-6-20(29)7-5-19)35-24-11-10-23(33)14-24/h3-9,12-13,15,23-24,33H,1,10-11,14,16H2,2H3. The third-order valence-corrected chi connectivity index (χ3v) is 7.25. The van der Waals surface area contributed by atoms with Crippen molar-refractivity contribution in [3.8, 4) is 0 Å². The zero-order chi connectivity index (χ0) is 24.7. The molecular weight excluding hydrogens is 483 g/mol. The molecule has 1 aromatic heterocycles. The summed E-state index contributed by atoms with van der Waals surface area (Å²) < 4.78 is 6.89. The summed E-state index contributed by atoms with van der Waals surface area (Å²) in [6.45, 7) is 6.17. The van der Waals surface area contributed by atoms with Crippen LogP contribution in [-0.4, -0.2) is 33.1 Å². The van der Waals surface area contributed by atoms with Gasteiger partial charge in [0.05, 0.1) is 29.5 Å². The number of aromatic nitrogens is 1. The average molecular weight is 509 g/mol. The van der Waals surface area contributed by atoms with Gasteiger partial charge in [0, 0.05) is 27.9 Å². The highest BCUT2D eigenvalue weighted by molar-refractivity contribution is 6.30. The number of hydrogen-bond donors (Lipinski definition) is 1. The molecule has 3 unspecified atom stereocenters. The number of rotatable bonds is 6. The lowest BCUT2D eigenvalue weighted by Crippen LogP contribution is -2.48. The van der Waals surface area contributed by atoms with Gasteiger partial charge in [-0.25, -0.2) is 0 Å². The van der Waals surface area contributed by atoms with Crippen molar-refractivity contribution in [1.29, 1.82) is 0 Å². The van der Waals surface area contributed by atoms with E-state index in [9.17, 15) is 9.90 Å². The highest BCUT2D eigenvalue weighted by Crippen LogP contribution is 2.48. The molecule has 5 nitrogen and oxygen atoms in total. The quantitative estimate of drug-likeness (QED) is 0.429. The van der Waals surface area contributed by atoms with Gasteiger partial charge in [0.1, 0.15) is 0 Å². The number of carbonyl (C=O) groups is 1. The fourth-order valence-corrected chi connectivity index (χ4v) is 5.25. The first-order valence-electron chi connectivity index (χ1n) is 11.6. The van der Waals surface area contributed by atoms with Crippen molar-refractivity contribution in [3.05, 3.63) is 105 Å². The fraction of sp³-hybridized carbons (Fsp3) is 0.286. The molecule has 7 heteroatoms. The molecule has 1 saturated carbocycles. The minimum Gasteiger partial charge on any atom is -0.393 e. The molecule has 35 heavy (non-hydrogen) atoms. The minimum absolute atomic E-state index is 0.159. The van der Waals surface area contributed by atoms with Gasteiger partial charge >= 0.3 is 0 Å². The van der Waals surface area contributed by atoms with Crippen LogP contribution in [0.4, 0.5) is 0 Å². The Labute approximate surface area is 215 Å². The Morgan fingerprint density at radius 1 is 1.14 bits per heavy atom. The number of halogens is 2. The zero-order valence-electron chi connectivity index (χ0n) is 19.4. The molecule has 1 N–H and O–H groups in total. The second-order valence-electron chi connectivity index (χ2n) is 9.26. The van der Waals surface area contributed by atoms with Gasteiger partial charge in [0.15, 0.2) is 5.72 Å². The van der Waals surface area contributed by atoms with Crippen LogP contribution in [-0.2, 0) is 17.0 Å². The number of allylic oxidation sites excluding steroid dienone is 1. The molecule has 1 amide bonds. The van der Waals surface area contributed by atoms with Crippen LogP contribution in [0.15, 0.2) is 67.4 Å². The minimum atomic E-state index is -1.21. The fourth-order valence-electron chi connectivity index (χ4n) is 5.01. The van der Waals surface area contributed by atoms with Crippen LogP contribution in [0.2, 0.25) is 10.0 Å². The predicted molar refractivity (Wildman–Crippen MR) is 137 cm³/mol. The van der Waals surface area contributed by atoms with E-state index < -0.39 is 11.8 Å². The monoisotopic (exact) mass is 508 g/mol. The van der Waals surface area contributed by atoms with Crippen molar-refractivity contribution in [2.45, 2.75) is 50.7 Å². The first-order valence-corrected chi connectivity index (χ1v) is 12.4. The van der Waals surface area contributed by atoms with Crippen LogP contribution in [0.3, 0.4) is 0 Å². The molecule has 2 aromatic carbocycles. The van der Waals surface area contributed by atoms with Crippen LogP contribution in [0.5, 0.6) is 0 Å². The van der Waals surface area contributed by atoms with E-state index in [4.69, 9.17) is 27.9 Å². The molecule has 0 saturated heterocycles. The van der Waals surface area contributed by atoms with Crippen molar-refractivity contribution in [3.63, 3.8) is 0 Å². The summed E-state index contributed by atoms with van der Waals surface area (Å²) in [6.07, 6.45) is 2.81. The van der Waals surface area contributed by atoms with E-state index in [0.29, 0.717) is 40.6 Å². The van der Waals surface area contributed by atoms with Gasteiger partial charge < -0.3 is 9.84 Å². The number of ether oxygens (including phenoxy) is 1. The van der Waals surface area contributed by atoms with Gasteiger partial charge in [0.25, 0.3) is 5.91 Å². The van der Waals surface area contributed by atoms with E-state index >= 15 is 0 Å². The summed E-state index contributed by atoms with van der Waals surface area (Å²) in [5, 5.41) is 11.3. The highest BCUT2D eigenvalue weighted by atomic mass is 35.5. The van der Waals surface area contributed by atoms with Gasteiger partial charge in [0.2, 0.25) is 0 Å². The van der Waals surface area contributed by atoms with Gasteiger partial charge in [-0.15, -0.1) is 0 Å². The third kappa shape index (κ3) is 4.38. The van der Waals surface area contributed by atoms with Crippen LogP contribution in [0, 0.1) is 0 Å². The number of hydrogen-bond acceptors (Lipinski definition) is 4. The number of carbonyl (C=O) groups excluding carboxylic acids is 1. The van der Waals surface area contributed by atoms with E-state index in [-0.39, 0.29) is 18.6 Å². The number of benzene rings is 2. The Morgan fingerprint density at radius 3 is 2.51 bits per heavy atom. The summed E-state index contributed by atoms with van der Waals surface area (Å²) >= 11 is 12.3. The summed E-state index contributed by atoms with van der Waals surface area (Å²) in [7, 11) is 0. The van der Waals surface area contributed by atoms with Crippen LogP contribution < -0.4 is 0 Å². The number of aliphatic hydroxyl groups excluding tert-OH is 1. The first kappa shape index (κ1) is 24.0. The molecule has 0 radical (unpaired) electrons. The lowest BCUT2D eigenvalue weighted by atomic mass is 9.91. The maximum absolute atomic E-state index is 14.0. The Balaban J connectivity index is 1.71. The Morgan fingerprint density at radius 2 is 1.89 bits per heavy atom. The van der Waals surface area contributed by atoms with E-state index in [1.807, 2.05) is 43.3 Å². The molecule has 180 valence electrons. The van der Waals surface area contributed by atoms with E-state index in [0.717, 1.165) is 22.3 Å². The molecule has 1 aliphatic heterocycles. The summed E-state index contributed by atoms with van der Waals surface area (Å²) in [5.74, 6) is -0.159. The normalized spacial score (nSPS) is 23.5. The smallest absolute Gasteiger partial charge is 0.257 e. The molecule has 3 atom stereocenters. The van der Waals surface area contributed by atoms with Gasteiger partial charge in [-0.2, -0.15) is 0 Å². The second kappa shape index (κ2) is 9.40. The maximum Gasteiger partial charge on any atom is 0.257 e. The van der Waals surface area contributed by atoms with Crippen LogP contribution in [0.1, 0.15) is 58.9 Å². The number of aliphatic hydroxyl groups is 1. The second-order valence-corrected chi connectivity index (χ2v) is 10.1. The number of pyridine rings is 1. The molecule has 2 heterocycles. The van der Waals surface area contributed by atoms with Gasteiger partial charge in [-0.05, 0) is 62.1 Å². The molecule has 5 rings (SSSR count). The van der Waals surface area contributed by atoms with Crippen LogP contribution in [0.25, 0.3) is 5.57 Å². The number of fused-ring (bicyclic) bond motifs is 1. The maximum atomic E-state index is 14.0. The van der Waals surface area contributed by atoms with E-state index in [1.54, 1.807) is 29.3 Å². The largest absolute Gasteiger partial charge is 0.393 e. The molecule has 1 aliphatic carbocycles. The van der Waals surface area contributed by atoms with Crippen molar-refractivity contribution < 1.29 is 14.6 Å². The van der Waals surface area contributed by atoms with E-state index in [1.165, 1.54) is 0 Å². The molecular formula is C28H26Cl2N2O3. The summed E-state index contributed by atoms with van der Waals surface area (Å²) in [6, 6.07) is 16.8. The van der Waals surface area contributed by atoms with E-state index in [2.05, 4.69) is 11.6 Å². The summed E-state index contributed by atoms with van der Waals surface area (Å²) in [4.78, 5) is 20.2. The van der Waals surface area contributed by atoms with Crippen molar-refractivity contribution in [2.75, 3.05) is 0 Å². The average Bonchev–Trinajstić information content (AvgIpc) is 3.35. The number of amides is 1. The van der Waals surface area contributed by atoms with Crippen molar-refractivity contribution >= 4 is 34.7 Å². The topological polar surface area (TPSA) is 62.7 Å². The number of nitrogens with zero attached hydrogens (tertiary/aromatic N) is 2. The molecule has 0 spiro atoms. The van der Waals surface area contributed by atoms with Gasteiger partial charge in [-0.3, -0.25) is 14.7 Å². The Kier molecular flexibility index (Phi) is 6.45. The van der Waals surface area contributed by atoms with Crippen molar-refractivity contribution in [1.82, 2.24) is 9.88 Å². The van der Waals surface area contributed by atoms with Crippen molar-refractivity contribution in [2.24, 2.45) is 0 Å². The first-order chi connectivity index (χ1) is 16.8. The predicted octanol–water partition coefficient (Wildman–Crippen LogP) is 6.21. The summed E-state index contributed by atoms with van der Waals surface area (Å²) in [5.41, 5.74) is 3.34. The molecule has 3 aromatic rings. The Hall–Kier alpha value is -2.70. The molecule has 0 bridgehead atoms. The SMILES string of the molecule is C=C(C)c1ccc2c(c1)C(=O)N(Cc1ccc(Cl)cn1)C2(OC1CCC(O)C1)c1ccc(Cl)cc1. The zero-order valence-corrected chi connectivity index (χ0v) is 20.9. The molecule has 2 aliphatic rings. The highest BCUT2D eigenvalue weighted by Gasteiger charge is 2.54.